The van der Waals surface area contributed by atoms with Crippen LogP contribution in [-0.4, -0.2) is 11.7 Å². The zero-order valence-electron chi connectivity index (χ0n) is 7.51. The van der Waals surface area contributed by atoms with Crippen LogP contribution in [0.3, 0.4) is 0 Å². The van der Waals surface area contributed by atoms with Crippen LogP contribution < -0.4 is 0 Å². The highest BCUT2D eigenvalue weighted by molar-refractivity contribution is 5.12. The molecule has 11 heavy (non-hydrogen) atoms. The van der Waals surface area contributed by atoms with Crippen molar-refractivity contribution in [1.82, 2.24) is 0 Å². The maximum absolute atomic E-state index is 8.90. The number of hydrogen-bond acceptors (Lipinski definition) is 1. The Morgan fingerprint density at radius 3 is 2.91 bits per heavy atom. The van der Waals surface area contributed by atoms with Crippen molar-refractivity contribution in [3.05, 3.63) is 11.6 Å². The van der Waals surface area contributed by atoms with Gasteiger partial charge in [-0.05, 0) is 31.1 Å². The van der Waals surface area contributed by atoms with Gasteiger partial charge in [-0.3, -0.25) is 0 Å². The summed E-state index contributed by atoms with van der Waals surface area (Å²) in [5.74, 6) is 1.26. The summed E-state index contributed by atoms with van der Waals surface area (Å²) in [7, 11) is 0. The van der Waals surface area contributed by atoms with Crippen molar-refractivity contribution in [1.29, 1.82) is 0 Å². The molecule has 2 atom stereocenters. The number of aliphatic hydroxyl groups excluding tert-OH is 1. The average Bonchev–Trinajstić information content (AvgIpc) is 2.50. The smallest absolute Gasteiger partial charge is 0.0465 e. The molecule has 0 saturated heterocycles. The second-order valence-electron chi connectivity index (χ2n) is 3.58. The first-order valence-electron chi connectivity index (χ1n) is 4.57. The third-order valence-electron chi connectivity index (χ3n) is 2.74. The van der Waals surface area contributed by atoms with Crippen molar-refractivity contribution in [3.8, 4) is 0 Å². The lowest BCUT2D eigenvalue weighted by atomic mass is 9.96. The molecule has 0 aliphatic heterocycles. The first-order chi connectivity index (χ1) is 5.27. The van der Waals surface area contributed by atoms with Crippen molar-refractivity contribution in [2.24, 2.45) is 11.8 Å². The highest BCUT2D eigenvalue weighted by Crippen LogP contribution is 2.30. The fourth-order valence-electron chi connectivity index (χ4n) is 1.62. The Kier molecular flexibility index (Phi) is 3.13. The van der Waals surface area contributed by atoms with Crippen LogP contribution in [0.1, 0.15) is 33.1 Å². The topological polar surface area (TPSA) is 20.2 Å². The maximum Gasteiger partial charge on any atom is 0.0465 e. The summed E-state index contributed by atoms with van der Waals surface area (Å²) in [4.78, 5) is 0. The van der Waals surface area contributed by atoms with Gasteiger partial charge < -0.3 is 5.11 Å². The van der Waals surface area contributed by atoms with E-state index in [0.29, 0.717) is 12.5 Å². The molecule has 0 heterocycles. The molecule has 1 heteroatoms. The molecule has 0 bridgehead atoms. The van der Waals surface area contributed by atoms with E-state index in [0.717, 1.165) is 18.8 Å². The Bertz CT molecular complexity index is 149. The van der Waals surface area contributed by atoms with Crippen LogP contribution in [0.25, 0.3) is 0 Å². The van der Waals surface area contributed by atoms with Crippen molar-refractivity contribution in [3.63, 3.8) is 0 Å². The molecule has 1 unspecified atom stereocenters. The van der Waals surface area contributed by atoms with Crippen molar-refractivity contribution < 1.29 is 5.11 Å². The molecule has 0 aromatic rings. The highest BCUT2D eigenvalue weighted by Gasteiger charge is 2.18. The van der Waals surface area contributed by atoms with Gasteiger partial charge in [0.25, 0.3) is 0 Å². The molecular formula is C10H18O. The molecular weight excluding hydrogens is 136 g/mol. The lowest BCUT2D eigenvalue weighted by molar-refractivity contribution is 0.231. The predicted octanol–water partition coefficient (Wildman–Crippen LogP) is 2.36. The molecule has 1 N–H and O–H groups in total. The van der Waals surface area contributed by atoms with Crippen molar-refractivity contribution in [2.45, 2.75) is 33.1 Å². The summed E-state index contributed by atoms with van der Waals surface area (Å²) in [6.45, 7) is 4.85. The minimum Gasteiger partial charge on any atom is -0.396 e. The van der Waals surface area contributed by atoms with Crippen LogP contribution in [0, 0.1) is 11.8 Å². The number of hydrogen-bond donors (Lipinski definition) is 1. The lowest BCUT2D eigenvalue weighted by Crippen LogP contribution is -2.03. The summed E-state index contributed by atoms with van der Waals surface area (Å²) in [6, 6.07) is 0. The first kappa shape index (κ1) is 8.79. The minimum atomic E-state index is 0.358. The van der Waals surface area contributed by atoms with E-state index in [2.05, 4.69) is 19.9 Å². The molecule has 1 aliphatic rings. The van der Waals surface area contributed by atoms with Gasteiger partial charge in [-0.25, -0.2) is 0 Å². The molecule has 1 nitrogen and oxygen atoms in total. The van der Waals surface area contributed by atoms with E-state index in [1.807, 2.05) is 0 Å². The molecule has 64 valence electrons. The normalized spacial score (nSPS) is 26.8. The van der Waals surface area contributed by atoms with Crippen molar-refractivity contribution in [2.75, 3.05) is 6.61 Å². The van der Waals surface area contributed by atoms with E-state index in [-0.39, 0.29) is 0 Å². The van der Waals surface area contributed by atoms with E-state index >= 15 is 0 Å². The van der Waals surface area contributed by atoms with Crippen LogP contribution in [0.15, 0.2) is 11.6 Å². The molecule has 0 aromatic carbocycles. The molecule has 0 saturated carbocycles. The summed E-state index contributed by atoms with van der Waals surface area (Å²) >= 11 is 0. The van der Waals surface area contributed by atoms with Gasteiger partial charge in [-0.1, -0.05) is 25.5 Å². The van der Waals surface area contributed by atoms with Crippen LogP contribution in [-0.2, 0) is 0 Å². The SMILES string of the molecule is CCC(C)C1=CC[C@@H](CO)C1. The zero-order valence-corrected chi connectivity index (χ0v) is 7.51. The standard InChI is InChI=1S/C10H18O/c1-3-8(2)10-5-4-9(6-10)7-11/h5,8-9,11H,3-4,6-7H2,1-2H3/t8?,9-/m1/s1. The molecule has 1 rings (SSSR count). The quantitative estimate of drug-likeness (QED) is 0.619. The van der Waals surface area contributed by atoms with Gasteiger partial charge in [-0.15, -0.1) is 0 Å². The Labute approximate surface area is 69.1 Å². The summed E-state index contributed by atoms with van der Waals surface area (Å²) in [5.41, 5.74) is 1.56. The van der Waals surface area contributed by atoms with Gasteiger partial charge in [0.2, 0.25) is 0 Å². The fourth-order valence-corrected chi connectivity index (χ4v) is 1.62. The lowest BCUT2D eigenvalue weighted by Gasteiger charge is -2.11. The third kappa shape index (κ3) is 2.06. The van der Waals surface area contributed by atoms with E-state index in [1.54, 1.807) is 5.57 Å². The zero-order chi connectivity index (χ0) is 8.27. The molecule has 0 fully saturated rings. The van der Waals surface area contributed by atoms with E-state index < -0.39 is 0 Å². The van der Waals surface area contributed by atoms with Gasteiger partial charge in [0, 0.05) is 6.61 Å². The monoisotopic (exact) mass is 154 g/mol. The molecule has 0 spiro atoms. The largest absolute Gasteiger partial charge is 0.396 e. The van der Waals surface area contributed by atoms with Gasteiger partial charge in [-0.2, -0.15) is 0 Å². The minimum absolute atomic E-state index is 0.358. The predicted molar refractivity (Wildman–Crippen MR) is 47.3 cm³/mol. The van der Waals surface area contributed by atoms with Crippen LogP contribution in [0.2, 0.25) is 0 Å². The summed E-state index contributed by atoms with van der Waals surface area (Å²) < 4.78 is 0. The Balaban J connectivity index is 2.39. The van der Waals surface area contributed by atoms with Crippen LogP contribution in [0.5, 0.6) is 0 Å². The molecule has 0 aromatic heterocycles. The maximum atomic E-state index is 8.90. The fraction of sp³-hybridized carbons (Fsp3) is 0.800. The molecule has 0 radical (unpaired) electrons. The summed E-state index contributed by atoms with van der Waals surface area (Å²) in [6.07, 6.45) is 5.76. The van der Waals surface area contributed by atoms with Crippen molar-refractivity contribution >= 4 is 0 Å². The third-order valence-corrected chi connectivity index (χ3v) is 2.74. The van der Waals surface area contributed by atoms with E-state index in [4.69, 9.17) is 5.11 Å². The van der Waals surface area contributed by atoms with Crippen LogP contribution in [0.4, 0.5) is 0 Å². The van der Waals surface area contributed by atoms with E-state index in [9.17, 15) is 0 Å². The number of aliphatic hydroxyl groups is 1. The average molecular weight is 154 g/mol. The Morgan fingerprint density at radius 1 is 1.73 bits per heavy atom. The second-order valence-corrected chi connectivity index (χ2v) is 3.58. The number of allylic oxidation sites excluding steroid dienone is 2. The first-order valence-corrected chi connectivity index (χ1v) is 4.57. The second kappa shape index (κ2) is 3.91. The molecule has 1 aliphatic carbocycles. The van der Waals surface area contributed by atoms with Gasteiger partial charge in [0.15, 0.2) is 0 Å². The molecule has 0 amide bonds. The van der Waals surface area contributed by atoms with Gasteiger partial charge >= 0.3 is 0 Å². The van der Waals surface area contributed by atoms with Crippen LogP contribution >= 0.6 is 0 Å². The van der Waals surface area contributed by atoms with Gasteiger partial charge in [0.05, 0.1) is 0 Å². The summed E-state index contributed by atoms with van der Waals surface area (Å²) in [5, 5.41) is 8.90. The highest BCUT2D eigenvalue weighted by atomic mass is 16.3. The Morgan fingerprint density at radius 2 is 2.45 bits per heavy atom. The number of rotatable bonds is 3. The van der Waals surface area contributed by atoms with Gasteiger partial charge in [0.1, 0.15) is 0 Å². The Hall–Kier alpha value is -0.300. The van der Waals surface area contributed by atoms with E-state index in [1.165, 1.54) is 6.42 Å².